The Kier molecular flexibility index (Phi) is 4.50. The molecule has 0 bridgehead atoms. The van der Waals surface area contributed by atoms with Gasteiger partial charge in [0, 0.05) is 12.4 Å². The number of esters is 1. The summed E-state index contributed by atoms with van der Waals surface area (Å²) >= 11 is 0. The molecule has 2 aromatic rings. The summed E-state index contributed by atoms with van der Waals surface area (Å²) in [5, 5.41) is 2.69. The highest BCUT2D eigenvalue weighted by Crippen LogP contribution is 2.26. The number of hydrogen-bond donors (Lipinski definition) is 1. The number of hydrogen-bond acceptors (Lipinski definition) is 5. The molecule has 1 aromatic heterocycles. The summed E-state index contributed by atoms with van der Waals surface area (Å²) in [6.45, 7) is 0. The number of pyridine rings is 1. The fourth-order valence-electron chi connectivity index (χ4n) is 1.74. The predicted molar refractivity (Wildman–Crippen MR) is 76.5 cm³/mol. The van der Waals surface area contributed by atoms with Crippen LogP contribution in [0.2, 0.25) is 0 Å². The second kappa shape index (κ2) is 6.51. The summed E-state index contributed by atoms with van der Waals surface area (Å²) in [6, 6.07) is 7.95. The molecule has 0 saturated heterocycles. The number of carbonyl (C=O) groups excluding carboxylic acids is 2. The van der Waals surface area contributed by atoms with Crippen molar-refractivity contribution in [2.24, 2.45) is 0 Å². The smallest absolute Gasteiger partial charge is 0.337 e. The highest BCUT2D eigenvalue weighted by molar-refractivity contribution is 6.05. The normalized spacial score (nSPS) is 9.81. The van der Waals surface area contributed by atoms with E-state index in [0.717, 1.165) is 0 Å². The van der Waals surface area contributed by atoms with E-state index in [9.17, 15) is 9.59 Å². The maximum Gasteiger partial charge on any atom is 0.337 e. The Hall–Kier alpha value is -2.89. The molecule has 6 heteroatoms. The van der Waals surface area contributed by atoms with E-state index in [-0.39, 0.29) is 5.91 Å². The van der Waals surface area contributed by atoms with Crippen molar-refractivity contribution in [2.45, 2.75) is 0 Å². The third-order valence-electron chi connectivity index (χ3n) is 2.79. The van der Waals surface area contributed by atoms with Crippen molar-refractivity contribution in [3.63, 3.8) is 0 Å². The van der Waals surface area contributed by atoms with Gasteiger partial charge in [0.25, 0.3) is 5.91 Å². The van der Waals surface area contributed by atoms with Gasteiger partial charge in [0.2, 0.25) is 0 Å². The standard InChI is InChI=1S/C15H14N2O4/c1-20-13-6-5-10(15(19)21-2)8-12(13)17-14(18)11-4-3-7-16-9-11/h3-9H,1-2H3,(H,17,18). The van der Waals surface area contributed by atoms with Crippen molar-refractivity contribution in [1.29, 1.82) is 0 Å². The topological polar surface area (TPSA) is 77.5 Å². The van der Waals surface area contributed by atoms with Crippen molar-refractivity contribution in [3.05, 3.63) is 53.9 Å². The van der Waals surface area contributed by atoms with Gasteiger partial charge in [-0.15, -0.1) is 0 Å². The number of benzene rings is 1. The molecule has 6 nitrogen and oxygen atoms in total. The number of nitrogens with one attached hydrogen (secondary N) is 1. The molecule has 0 radical (unpaired) electrons. The van der Waals surface area contributed by atoms with Gasteiger partial charge in [0.1, 0.15) is 5.75 Å². The van der Waals surface area contributed by atoms with Crippen LogP contribution < -0.4 is 10.1 Å². The summed E-state index contributed by atoms with van der Waals surface area (Å²) in [5.41, 5.74) is 1.11. The monoisotopic (exact) mass is 286 g/mol. The van der Waals surface area contributed by atoms with E-state index in [1.165, 1.54) is 26.5 Å². The van der Waals surface area contributed by atoms with Crippen LogP contribution in [0.5, 0.6) is 5.75 Å². The van der Waals surface area contributed by atoms with Crippen LogP contribution in [0.15, 0.2) is 42.7 Å². The van der Waals surface area contributed by atoms with Gasteiger partial charge in [-0.3, -0.25) is 9.78 Å². The maximum absolute atomic E-state index is 12.1. The number of rotatable bonds is 4. The molecule has 0 atom stereocenters. The second-order valence-corrected chi connectivity index (χ2v) is 4.10. The molecule has 1 amide bonds. The lowest BCUT2D eigenvalue weighted by atomic mass is 10.1. The number of aromatic nitrogens is 1. The first kappa shape index (κ1) is 14.5. The molecule has 2 rings (SSSR count). The highest BCUT2D eigenvalue weighted by Gasteiger charge is 2.13. The molecule has 0 aliphatic rings. The molecule has 0 aliphatic heterocycles. The number of carbonyl (C=O) groups is 2. The predicted octanol–water partition coefficient (Wildman–Crippen LogP) is 2.13. The fraction of sp³-hybridized carbons (Fsp3) is 0.133. The van der Waals surface area contributed by atoms with E-state index in [1.807, 2.05) is 0 Å². The van der Waals surface area contributed by atoms with Gasteiger partial charge < -0.3 is 14.8 Å². The van der Waals surface area contributed by atoms with Gasteiger partial charge >= 0.3 is 5.97 Å². The molecule has 1 heterocycles. The van der Waals surface area contributed by atoms with Crippen LogP contribution in [0, 0.1) is 0 Å². The van der Waals surface area contributed by atoms with Crippen molar-refractivity contribution in [1.82, 2.24) is 4.98 Å². The Labute approximate surface area is 121 Å². The minimum atomic E-state index is -0.491. The zero-order valence-corrected chi connectivity index (χ0v) is 11.6. The van der Waals surface area contributed by atoms with Gasteiger partial charge in [-0.25, -0.2) is 4.79 Å². The Morgan fingerprint density at radius 2 is 1.95 bits per heavy atom. The number of nitrogens with zero attached hydrogens (tertiary/aromatic N) is 1. The number of anilines is 1. The average Bonchev–Trinajstić information content (AvgIpc) is 2.54. The molecule has 1 N–H and O–H groups in total. The molecule has 0 unspecified atom stereocenters. The second-order valence-electron chi connectivity index (χ2n) is 4.10. The maximum atomic E-state index is 12.1. The molecule has 0 spiro atoms. The molecule has 1 aromatic carbocycles. The first-order valence-electron chi connectivity index (χ1n) is 6.13. The van der Waals surface area contributed by atoms with Crippen LogP contribution in [0.1, 0.15) is 20.7 Å². The van der Waals surface area contributed by atoms with Gasteiger partial charge in [0.15, 0.2) is 0 Å². The number of amides is 1. The van der Waals surface area contributed by atoms with Gasteiger partial charge in [-0.2, -0.15) is 0 Å². The van der Waals surface area contributed by atoms with Crippen LogP contribution in [-0.4, -0.2) is 31.1 Å². The Morgan fingerprint density at radius 3 is 2.57 bits per heavy atom. The summed E-state index contributed by atoms with van der Waals surface area (Å²) in [5.74, 6) is -0.391. The molecular formula is C15H14N2O4. The molecule has 0 fully saturated rings. The Bertz CT molecular complexity index is 656. The highest BCUT2D eigenvalue weighted by atomic mass is 16.5. The summed E-state index contributed by atoms with van der Waals surface area (Å²) < 4.78 is 9.82. The molecule has 0 saturated carbocycles. The van der Waals surface area contributed by atoms with E-state index in [4.69, 9.17) is 4.74 Å². The Balaban J connectivity index is 2.29. The largest absolute Gasteiger partial charge is 0.495 e. The molecule has 0 aliphatic carbocycles. The fourth-order valence-corrected chi connectivity index (χ4v) is 1.74. The van der Waals surface area contributed by atoms with E-state index in [2.05, 4.69) is 15.0 Å². The van der Waals surface area contributed by atoms with Crippen molar-refractivity contribution >= 4 is 17.6 Å². The third kappa shape index (κ3) is 3.36. The first-order valence-corrected chi connectivity index (χ1v) is 6.13. The van der Waals surface area contributed by atoms with Crippen LogP contribution in [0.4, 0.5) is 5.69 Å². The van der Waals surface area contributed by atoms with Crippen molar-refractivity contribution in [2.75, 3.05) is 19.5 Å². The lowest BCUT2D eigenvalue weighted by molar-refractivity contribution is 0.0600. The number of ether oxygens (including phenoxy) is 2. The summed E-state index contributed by atoms with van der Waals surface area (Å²) in [6.07, 6.45) is 3.03. The van der Waals surface area contributed by atoms with Gasteiger partial charge in [0.05, 0.1) is 31.0 Å². The number of methoxy groups -OCH3 is 2. The summed E-state index contributed by atoms with van der Waals surface area (Å²) in [4.78, 5) is 27.5. The minimum Gasteiger partial charge on any atom is -0.495 e. The quantitative estimate of drug-likeness (QED) is 0.871. The van der Waals surface area contributed by atoms with E-state index >= 15 is 0 Å². The molecule has 21 heavy (non-hydrogen) atoms. The average molecular weight is 286 g/mol. The minimum absolute atomic E-state index is 0.319. The van der Waals surface area contributed by atoms with Gasteiger partial charge in [-0.1, -0.05) is 0 Å². The van der Waals surface area contributed by atoms with Crippen molar-refractivity contribution < 1.29 is 19.1 Å². The molecular weight excluding hydrogens is 272 g/mol. The van der Waals surface area contributed by atoms with Crippen LogP contribution in [0.25, 0.3) is 0 Å². The zero-order valence-electron chi connectivity index (χ0n) is 11.6. The summed E-state index contributed by atoms with van der Waals surface area (Å²) in [7, 11) is 2.77. The third-order valence-corrected chi connectivity index (χ3v) is 2.79. The first-order chi connectivity index (χ1) is 10.2. The lowest BCUT2D eigenvalue weighted by Gasteiger charge is -2.11. The van der Waals surface area contributed by atoms with E-state index in [1.54, 1.807) is 30.5 Å². The molecule has 108 valence electrons. The van der Waals surface area contributed by atoms with Crippen LogP contribution in [-0.2, 0) is 4.74 Å². The van der Waals surface area contributed by atoms with Crippen LogP contribution in [0.3, 0.4) is 0 Å². The Morgan fingerprint density at radius 1 is 1.14 bits per heavy atom. The van der Waals surface area contributed by atoms with E-state index < -0.39 is 5.97 Å². The van der Waals surface area contributed by atoms with E-state index in [0.29, 0.717) is 22.6 Å². The zero-order chi connectivity index (χ0) is 15.2. The lowest BCUT2D eigenvalue weighted by Crippen LogP contribution is -2.13. The SMILES string of the molecule is COC(=O)c1ccc(OC)c(NC(=O)c2cccnc2)c1. The van der Waals surface area contributed by atoms with Crippen LogP contribution >= 0.6 is 0 Å². The van der Waals surface area contributed by atoms with Crippen molar-refractivity contribution in [3.8, 4) is 5.75 Å². The van der Waals surface area contributed by atoms with Gasteiger partial charge in [-0.05, 0) is 30.3 Å².